The molecule has 0 aliphatic rings. The quantitative estimate of drug-likeness (QED) is 0.767. The molecule has 0 fully saturated rings. The van der Waals surface area contributed by atoms with Crippen LogP contribution in [0.3, 0.4) is 0 Å². The van der Waals surface area contributed by atoms with E-state index in [-0.39, 0.29) is 11.8 Å². The molecule has 0 amide bonds. The lowest BCUT2D eigenvalue weighted by Gasteiger charge is -2.24. The minimum absolute atomic E-state index is 0.165. The van der Waals surface area contributed by atoms with Gasteiger partial charge in [-0.1, -0.05) is 29.8 Å². The largest absolute Gasteiger partial charge is 0.292 e. The van der Waals surface area contributed by atoms with Crippen LogP contribution in [-0.4, -0.2) is 24.3 Å². The molecule has 1 aromatic carbocycles. The van der Waals surface area contributed by atoms with Crippen molar-refractivity contribution in [2.75, 3.05) is 13.6 Å². The third-order valence-corrected chi connectivity index (χ3v) is 4.37. The molecule has 19 heavy (non-hydrogen) atoms. The monoisotopic (exact) mass is 293 g/mol. The van der Waals surface area contributed by atoms with Crippen LogP contribution >= 0.6 is 22.9 Å². The van der Waals surface area contributed by atoms with Crippen molar-refractivity contribution in [3.05, 3.63) is 57.2 Å². The molecule has 0 bridgehead atoms. The van der Waals surface area contributed by atoms with Gasteiger partial charge in [-0.15, -0.1) is 11.3 Å². The summed E-state index contributed by atoms with van der Waals surface area (Å²) in [6, 6.07) is 11.7. The van der Waals surface area contributed by atoms with Crippen LogP contribution in [0, 0.1) is 0 Å². The van der Waals surface area contributed by atoms with Crippen molar-refractivity contribution in [2.45, 2.75) is 13.0 Å². The van der Waals surface area contributed by atoms with Crippen LogP contribution in [0.15, 0.2) is 41.8 Å². The van der Waals surface area contributed by atoms with E-state index in [1.165, 1.54) is 11.3 Å². The molecule has 1 aromatic heterocycles. The van der Waals surface area contributed by atoms with Crippen LogP contribution in [0.1, 0.15) is 28.2 Å². The van der Waals surface area contributed by atoms with E-state index in [4.69, 9.17) is 11.6 Å². The van der Waals surface area contributed by atoms with Crippen LogP contribution in [-0.2, 0) is 0 Å². The lowest BCUT2D eigenvalue weighted by molar-refractivity contribution is 0.0929. The van der Waals surface area contributed by atoms with Gasteiger partial charge >= 0.3 is 0 Å². The van der Waals surface area contributed by atoms with E-state index in [1.807, 2.05) is 53.7 Å². The molecule has 2 nitrogen and oxygen atoms in total. The Morgan fingerprint density at radius 1 is 1.32 bits per heavy atom. The molecule has 100 valence electrons. The summed E-state index contributed by atoms with van der Waals surface area (Å²) in [5.74, 6) is 0.165. The summed E-state index contributed by atoms with van der Waals surface area (Å²) in [6.45, 7) is 2.51. The van der Waals surface area contributed by atoms with Gasteiger partial charge in [0.25, 0.3) is 0 Å². The van der Waals surface area contributed by atoms with Crippen molar-refractivity contribution < 1.29 is 4.79 Å². The number of halogens is 1. The topological polar surface area (TPSA) is 20.3 Å². The molecular weight excluding hydrogens is 278 g/mol. The number of rotatable bonds is 5. The number of carbonyl (C=O) groups is 1. The van der Waals surface area contributed by atoms with E-state index in [2.05, 4.69) is 6.92 Å². The fourth-order valence-electron chi connectivity index (χ4n) is 1.87. The average molecular weight is 294 g/mol. The third-order valence-electron chi connectivity index (χ3n) is 3.20. The maximum atomic E-state index is 12.1. The van der Waals surface area contributed by atoms with E-state index in [0.29, 0.717) is 6.54 Å². The zero-order valence-electron chi connectivity index (χ0n) is 11.0. The Hall–Kier alpha value is -1.16. The van der Waals surface area contributed by atoms with Gasteiger partial charge in [0, 0.05) is 11.1 Å². The lowest BCUT2D eigenvalue weighted by atomic mass is 10.1. The maximum Gasteiger partial charge on any atom is 0.186 e. The van der Waals surface area contributed by atoms with E-state index in [0.717, 1.165) is 15.5 Å². The van der Waals surface area contributed by atoms with E-state index in [9.17, 15) is 4.79 Å². The highest BCUT2D eigenvalue weighted by molar-refractivity contribution is 7.12. The molecule has 4 heteroatoms. The molecule has 0 aliphatic carbocycles. The number of hydrogen-bond donors (Lipinski definition) is 0. The van der Waals surface area contributed by atoms with E-state index in [1.54, 1.807) is 0 Å². The second-order valence-electron chi connectivity index (χ2n) is 4.54. The van der Waals surface area contributed by atoms with Gasteiger partial charge in [0.15, 0.2) is 5.78 Å². The van der Waals surface area contributed by atoms with Gasteiger partial charge in [-0.2, -0.15) is 0 Å². The van der Waals surface area contributed by atoms with Gasteiger partial charge in [-0.05, 0) is 43.1 Å². The van der Waals surface area contributed by atoms with Crippen LogP contribution in [0.2, 0.25) is 5.02 Å². The number of ketones is 1. The number of hydrogen-bond acceptors (Lipinski definition) is 3. The molecule has 2 aromatic rings. The molecule has 0 saturated heterocycles. The summed E-state index contributed by atoms with van der Waals surface area (Å²) < 4.78 is 0. The predicted molar refractivity (Wildman–Crippen MR) is 81.1 cm³/mol. The number of benzene rings is 1. The molecule has 0 N–H and O–H groups in total. The van der Waals surface area contributed by atoms with Gasteiger partial charge in [0.2, 0.25) is 0 Å². The molecule has 0 radical (unpaired) electrons. The highest BCUT2D eigenvalue weighted by Gasteiger charge is 2.16. The van der Waals surface area contributed by atoms with Crippen molar-refractivity contribution in [3.63, 3.8) is 0 Å². The standard InChI is InChI=1S/C15H16ClNOS/c1-11(12-5-7-13(16)8-6-12)17(2)10-14(18)15-4-3-9-19-15/h3-9,11H,10H2,1-2H3. The minimum atomic E-state index is 0.165. The van der Waals surface area contributed by atoms with Crippen LogP contribution in [0.25, 0.3) is 0 Å². The number of likely N-dealkylation sites (N-methyl/N-ethyl adjacent to an activating group) is 1. The third kappa shape index (κ3) is 3.66. The van der Waals surface area contributed by atoms with E-state index >= 15 is 0 Å². The lowest BCUT2D eigenvalue weighted by Crippen LogP contribution is -2.28. The summed E-state index contributed by atoms with van der Waals surface area (Å²) in [4.78, 5) is 14.9. The Morgan fingerprint density at radius 2 is 2.00 bits per heavy atom. The van der Waals surface area contributed by atoms with Crippen molar-refractivity contribution in [1.29, 1.82) is 0 Å². The van der Waals surface area contributed by atoms with Gasteiger partial charge < -0.3 is 0 Å². The zero-order valence-corrected chi connectivity index (χ0v) is 12.5. The molecule has 1 atom stereocenters. The molecule has 0 spiro atoms. The first-order chi connectivity index (χ1) is 9.08. The normalized spacial score (nSPS) is 12.6. The Bertz CT molecular complexity index is 536. The number of thiophene rings is 1. The number of Topliss-reactive ketones (excluding diaryl/α,β-unsaturated/α-hetero) is 1. The summed E-state index contributed by atoms with van der Waals surface area (Å²) in [6.07, 6.45) is 0. The Kier molecular flexibility index (Phi) is 4.75. The molecule has 1 unspecified atom stereocenters. The van der Waals surface area contributed by atoms with E-state index < -0.39 is 0 Å². The molecule has 2 rings (SSSR count). The number of nitrogens with zero attached hydrogens (tertiary/aromatic N) is 1. The fourth-order valence-corrected chi connectivity index (χ4v) is 2.66. The first-order valence-corrected chi connectivity index (χ1v) is 7.36. The molecular formula is C15H16ClNOS. The number of carbonyl (C=O) groups excluding carboxylic acids is 1. The predicted octanol–water partition coefficient (Wildman–Crippen LogP) is 4.28. The first kappa shape index (κ1) is 14.3. The van der Waals surface area contributed by atoms with Crippen molar-refractivity contribution in [1.82, 2.24) is 4.90 Å². The van der Waals surface area contributed by atoms with Crippen molar-refractivity contribution in [3.8, 4) is 0 Å². The van der Waals surface area contributed by atoms with Crippen molar-refractivity contribution in [2.24, 2.45) is 0 Å². The Labute approximate surface area is 122 Å². The average Bonchev–Trinajstić information content (AvgIpc) is 2.92. The Balaban J connectivity index is 2.01. The van der Waals surface area contributed by atoms with Crippen molar-refractivity contribution >= 4 is 28.7 Å². The Morgan fingerprint density at radius 3 is 2.58 bits per heavy atom. The molecule has 0 saturated carbocycles. The molecule has 0 aliphatic heterocycles. The highest BCUT2D eigenvalue weighted by atomic mass is 35.5. The molecule has 1 heterocycles. The summed E-state index contributed by atoms with van der Waals surface area (Å²) in [7, 11) is 1.96. The van der Waals surface area contributed by atoms with Gasteiger partial charge in [-0.25, -0.2) is 0 Å². The van der Waals surface area contributed by atoms with Gasteiger partial charge in [-0.3, -0.25) is 9.69 Å². The first-order valence-electron chi connectivity index (χ1n) is 6.10. The zero-order chi connectivity index (χ0) is 13.8. The summed E-state index contributed by atoms with van der Waals surface area (Å²) >= 11 is 7.37. The smallest absolute Gasteiger partial charge is 0.186 e. The van der Waals surface area contributed by atoms with Crippen LogP contribution < -0.4 is 0 Å². The van der Waals surface area contributed by atoms with Crippen LogP contribution in [0.4, 0.5) is 0 Å². The van der Waals surface area contributed by atoms with Gasteiger partial charge in [0.05, 0.1) is 11.4 Å². The second kappa shape index (κ2) is 6.33. The summed E-state index contributed by atoms with van der Waals surface area (Å²) in [5, 5.41) is 2.66. The van der Waals surface area contributed by atoms with Gasteiger partial charge in [0.1, 0.15) is 0 Å². The minimum Gasteiger partial charge on any atom is -0.292 e. The highest BCUT2D eigenvalue weighted by Crippen LogP contribution is 2.21. The second-order valence-corrected chi connectivity index (χ2v) is 5.93. The van der Waals surface area contributed by atoms with Crippen LogP contribution in [0.5, 0.6) is 0 Å². The SMILES string of the molecule is CC(c1ccc(Cl)cc1)N(C)CC(=O)c1cccs1. The maximum absolute atomic E-state index is 12.1. The summed E-state index contributed by atoms with van der Waals surface area (Å²) in [5.41, 5.74) is 1.16. The fraction of sp³-hybridized carbons (Fsp3) is 0.267.